The first-order valence-electron chi connectivity index (χ1n) is 6.40. The Morgan fingerprint density at radius 3 is 2.60 bits per heavy atom. The summed E-state index contributed by atoms with van der Waals surface area (Å²) in [4.78, 5) is 24.9. The van der Waals surface area contributed by atoms with Gasteiger partial charge in [0.2, 0.25) is 0 Å². The molecule has 1 aliphatic rings. The van der Waals surface area contributed by atoms with E-state index in [0.29, 0.717) is 11.4 Å². The van der Waals surface area contributed by atoms with E-state index in [0.717, 1.165) is 18.9 Å². The van der Waals surface area contributed by atoms with Gasteiger partial charge in [0.15, 0.2) is 0 Å². The highest BCUT2D eigenvalue weighted by molar-refractivity contribution is 9.09. The number of alkyl halides is 1. The fraction of sp³-hybridized carbons (Fsp3) is 0.429. The molecule has 2 rings (SSSR count). The number of carbonyl (C=O) groups excluding carboxylic acids is 2. The maximum absolute atomic E-state index is 13.7. The van der Waals surface area contributed by atoms with Crippen molar-refractivity contribution in [3.63, 3.8) is 0 Å². The van der Waals surface area contributed by atoms with Crippen molar-refractivity contribution < 1.29 is 18.4 Å². The molecule has 0 bridgehead atoms. The molecular weight excluding hydrogens is 332 g/mol. The van der Waals surface area contributed by atoms with Crippen LogP contribution in [0.5, 0.6) is 0 Å². The number of ketones is 1. The van der Waals surface area contributed by atoms with Crippen LogP contribution in [-0.4, -0.2) is 23.6 Å². The Balaban J connectivity index is 2.37. The number of hydrogen-bond donors (Lipinski definition) is 0. The molecule has 0 fully saturated rings. The summed E-state index contributed by atoms with van der Waals surface area (Å²) in [6.45, 7) is 2.29. The summed E-state index contributed by atoms with van der Waals surface area (Å²) in [5.41, 5.74) is -0.277. The van der Waals surface area contributed by atoms with Gasteiger partial charge in [-0.3, -0.25) is 9.59 Å². The molecule has 1 aromatic rings. The lowest BCUT2D eigenvalue weighted by Crippen LogP contribution is -2.35. The molecule has 1 heterocycles. The number of halogens is 3. The number of anilines is 1. The van der Waals surface area contributed by atoms with Crippen molar-refractivity contribution in [2.24, 2.45) is 5.92 Å². The second-order valence-corrected chi connectivity index (χ2v) is 5.48. The molecule has 1 unspecified atom stereocenters. The van der Waals surface area contributed by atoms with E-state index in [1.54, 1.807) is 0 Å². The van der Waals surface area contributed by atoms with Crippen LogP contribution >= 0.6 is 15.9 Å². The number of amides is 1. The maximum Gasteiger partial charge on any atom is 0.299 e. The molecule has 1 atom stereocenters. The molecule has 0 saturated heterocycles. The summed E-state index contributed by atoms with van der Waals surface area (Å²) >= 11 is 3.36. The van der Waals surface area contributed by atoms with Gasteiger partial charge < -0.3 is 4.90 Å². The number of Topliss-reactive ketones (excluding diaryl/α,β-unsaturated/α-hetero) is 1. The van der Waals surface area contributed by atoms with E-state index in [9.17, 15) is 18.4 Å². The summed E-state index contributed by atoms with van der Waals surface area (Å²) in [5.74, 6) is -3.32. The Labute approximate surface area is 124 Å². The Morgan fingerprint density at radius 2 is 2.00 bits per heavy atom. The Morgan fingerprint density at radius 1 is 1.30 bits per heavy atom. The molecule has 1 aliphatic heterocycles. The van der Waals surface area contributed by atoms with E-state index >= 15 is 0 Å². The van der Waals surface area contributed by atoms with Crippen LogP contribution < -0.4 is 4.90 Å². The molecule has 1 amide bonds. The van der Waals surface area contributed by atoms with Crippen molar-refractivity contribution in [3.05, 3.63) is 29.3 Å². The van der Waals surface area contributed by atoms with E-state index < -0.39 is 23.3 Å². The van der Waals surface area contributed by atoms with Crippen molar-refractivity contribution in [1.29, 1.82) is 0 Å². The van der Waals surface area contributed by atoms with E-state index in [1.165, 1.54) is 4.90 Å². The molecule has 0 spiro atoms. The van der Waals surface area contributed by atoms with Crippen LogP contribution in [0.1, 0.15) is 30.1 Å². The van der Waals surface area contributed by atoms with Crippen molar-refractivity contribution >= 4 is 33.3 Å². The van der Waals surface area contributed by atoms with Crippen LogP contribution in [0.25, 0.3) is 0 Å². The third-order valence-electron chi connectivity index (χ3n) is 3.35. The summed E-state index contributed by atoms with van der Waals surface area (Å²) in [6, 6.07) is 1.67. The third-order valence-corrected chi connectivity index (χ3v) is 4.26. The highest BCUT2D eigenvalue weighted by atomic mass is 79.9. The van der Waals surface area contributed by atoms with Gasteiger partial charge in [-0.15, -0.1) is 0 Å². The van der Waals surface area contributed by atoms with Gasteiger partial charge in [-0.2, -0.15) is 0 Å². The quantitative estimate of drug-likeness (QED) is 0.606. The highest BCUT2D eigenvalue weighted by Crippen LogP contribution is 2.33. The zero-order valence-corrected chi connectivity index (χ0v) is 12.5. The average molecular weight is 346 g/mol. The standard InChI is InChI=1S/C14H14BrF2NO2/c1-2-3-8(6-15)7-18-11-5-9(16)4-10(17)12(11)13(19)14(18)20/h4-5,8H,2-3,6-7H2,1H3. The number of rotatable bonds is 5. The van der Waals surface area contributed by atoms with Crippen LogP contribution in [0.2, 0.25) is 0 Å². The molecule has 0 radical (unpaired) electrons. The normalized spacial score (nSPS) is 15.7. The number of hydrogen-bond acceptors (Lipinski definition) is 2. The Kier molecular flexibility index (Phi) is 4.52. The van der Waals surface area contributed by atoms with Crippen LogP contribution in [0.15, 0.2) is 12.1 Å². The first kappa shape index (κ1) is 15.1. The maximum atomic E-state index is 13.7. The van der Waals surface area contributed by atoms with Crippen molar-refractivity contribution in [2.45, 2.75) is 19.8 Å². The zero-order valence-electron chi connectivity index (χ0n) is 11.0. The summed E-state index contributed by atoms with van der Waals surface area (Å²) < 4.78 is 27.0. The molecule has 0 aromatic heterocycles. The number of benzene rings is 1. The molecule has 6 heteroatoms. The van der Waals surface area contributed by atoms with E-state index in [4.69, 9.17) is 0 Å². The molecule has 3 nitrogen and oxygen atoms in total. The smallest absolute Gasteiger partial charge is 0.299 e. The van der Waals surface area contributed by atoms with E-state index in [1.807, 2.05) is 6.92 Å². The fourth-order valence-electron chi connectivity index (χ4n) is 2.40. The average Bonchev–Trinajstić information content (AvgIpc) is 2.63. The zero-order chi connectivity index (χ0) is 14.9. The second kappa shape index (κ2) is 5.99. The summed E-state index contributed by atoms with van der Waals surface area (Å²) in [5, 5.41) is 0.659. The molecular formula is C14H14BrF2NO2. The van der Waals surface area contributed by atoms with Crippen molar-refractivity contribution in [2.75, 3.05) is 16.8 Å². The lowest BCUT2D eigenvalue weighted by Gasteiger charge is -2.22. The van der Waals surface area contributed by atoms with Crippen LogP contribution in [0.3, 0.4) is 0 Å². The van der Waals surface area contributed by atoms with Gasteiger partial charge in [0.1, 0.15) is 11.6 Å². The van der Waals surface area contributed by atoms with Gasteiger partial charge in [0, 0.05) is 17.9 Å². The molecule has 1 aromatic carbocycles. The van der Waals surface area contributed by atoms with Crippen LogP contribution in [0.4, 0.5) is 14.5 Å². The first-order valence-corrected chi connectivity index (χ1v) is 7.52. The molecule has 20 heavy (non-hydrogen) atoms. The van der Waals surface area contributed by atoms with Gasteiger partial charge in [-0.25, -0.2) is 8.78 Å². The van der Waals surface area contributed by atoms with Gasteiger partial charge in [-0.1, -0.05) is 29.3 Å². The van der Waals surface area contributed by atoms with Crippen LogP contribution in [-0.2, 0) is 4.79 Å². The molecule has 108 valence electrons. The van der Waals surface area contributed by atoms with E-state index in [-0.39, 0.29) is 23.7 Å². The minimum absolute atomic E-state index is 0.0413. The third kappa shape index (κ3) is 2.61. The summed E-state index contributed by atoms with van der Waals surface area (Å²) in [6.07, 6.45) is 1.78. The highest BCUT2D eigenvalue weighted by Gasteiger charge is 2.39. The largest absolute Gasteiger partial charge is 0.304 e. The first-order chi connectivity index (χ1) is 9.49. The molecule has 0 aliphatic carbocycles. The predicted octanol–water partition coefficient (Wildman–Crippen LogP) is 3.31. The van der Waals surface area contributed by atoms with Crippen molar-refractivity contribution in [3.8, 4) is 0 Å². The van der Waals surface area contributed by atoms with Gasteiger partial charge >= 0.3 is 0 Å². The van der Waals surface area contributed by atoms with Gasteiger partial charge in [0.25, 0.3) is 11.7 Å². The SMILES string of the molecule is CCCC(CBr)CN1C(=O)C(=O)c2c(F)cc(F)cc21. The minimum atomic E-state index is -0.980. The molecule has 0 saturated carbocycles. The Hall–Kier alpha value is -1.30. The predicted molar refractivity (Wildman–Crippen MR) is 75.2 cm³/mol. The van der Waals surface area contributed by atoms with Gasteiger partial charge in [-0.05, 0) is 18.4 Å². The van der Waals surface area contributed by atoms with E-state index in [2.05, 4.69) is 15.9 Å². The topological polar surface area (TPSA) is 37.4 Å². The lowest BCUT2D eigenvalue weighted by molar-refractivity contribution is -0.114. The van der Waals surface area contributed by atoms with Gasteiger partial charge in [0.05, 0.1) is 11.3 Å². The van der Waals surface area contributed by atoms with Crippen LogP contribution in [0, 0.1) is 17.6 Å². The molecule has 0 N–H and O–H groups in total. The summed E-state index contributed by atoms with van der Waals surface area (Å²) in [7, 11) is 0. The Bertz CT molecular complexity index is 562. The number of fused-ring (bicyclic) bond motifs is 1. The monoisotopic (exact) mass is 345 g/mol. The number of nitrogens with zero attached hydrogens (tertiary/aromatic N) is 1. The number of carbonyl (C=O) groups is 2. The second-order valence-electron chi connectivity index (χ2n) is 4.84. The fourth-order valence-corrected chi connectivity index (χ4v) is 2.93. The van der Waals surface area contributed by atoms with Crippen molar-refractivity contribution in [1.82, 2.24) is 0 Å². The minimum Gasteiger partial charge on any atom is -0.304 e. The lowest BCUT2D eigenvalue weighted by atomic mass is 10.1.